The van der Waals surface area contributed by atoms with Gasteiger partial charge in [-0.1, -0.05) is 0 Å². The van der Waals surface area contributed by atoms with Gasteiger partial charge in [0.25, 0.3) is 5.91 Å². The van der Waals surface area contributed by atoms with Gasteiger partial charge in [0.15, 0.2) is 11.5 Å². The van der Waals surface area contributed by atoms with Crippen LogP contribution in [0.25, 0.3) is 0 Å². The maximum absolute atomic E-state index is 11.7. The van der Waals surface area contributed by atoms with Crippen molar-refractivity contribution in [3.63, 3.8) is 0 Å². The highest BCUT2D eigenvalue weighted by molar-refractivity contribution is 5.94. The summed E-state index contributed by atoms with van der Waals surface area (Å²) in [5, 5.41) is 11.7. The second kappa shape index (κ2) is 6.10. The van der Waals surface area contributed by atoms with Gasteiger partial charge in [-0.15, -0.1) is 0 Å². The zero-order valence-corrected chi connectivity index (χ0v) is 10.2. The quantitative estimate of drug-likeness (QED) is 0.798. The van der Waals surface area contributed by atoms with Crippen LogP contribution in [0.15, 0.2) is 18.2 Å². The third-order valence-corrected chi connectivity index (χ3v) is 2.20. The summed E-state index contributed by atoms with van der Waals surface area (Å²) in [4.78, 5) is 11.7. The Morgan fingerprint density at radius 2 is 2.00 bits per heavy atom. The molecule has 1 amide bonds. The van der Waals surface area contributed by atoms with E-state index in [-0.39, 0.29) is 12.5 Å². The van der Waals surface area contributed by atoms with Crippen molar-refractivity contribution in [2.24, 2.45) is 0 Å². The van der Waals surface area contributed by atoms with Gasteiger partial charge in [-0.3, -0.25) is 4.79 Å². The topological polar surface area (TPSA) is 67.8 Å². The number of rotatable bonds is 5. The predicted octanol–water partition coefficient (Wildman–Crippen LogP) is 0.814. The van der Waals surface area contributed by atoms with Crippen molar-refractivity contribution < 1.29 is 19.4 Å². The third kappa shape index (κ3) is 3.64. The molecule has 0 bridgehead atoms. The second-order valence-electron chi connectivity index (χ2n) is 3.63. The molecule has 1 aromatic carbocycles. The van der Waals surface area contributed by atoms with Crippen molar-refractivity contribution in [1.29, 1.82) is 0 Å². The molecule has 0 heterocycles. The molecule has 1 unspecified atom stereocenters. The lowest BCUT2D eigenvalue weighted by atomic mass is 10.2. The Balaban J connectivity index is 2.81. The standard InChI is InChI=1S/C12H17NO4/c1-8(14)7-13-12(15)9-4-5-10(16-2)11(6-9)17-3/h4-6,8,14H,7H2,1-3H3,(H,13,15). The van der Waals surface area contributed by atoms with Gasteiger partial charge in [-0.05, 0) is 25.1 Å². The van der Waals surface area contributed by atoms with E-state index in [2.05, 4.69) is 5.32 Å². The first-order valence-corrected chi connectivity index (χ1v) is 5.26. The van der Waals surface area contributed by atoms with Crippen LogP contribution in [-0.4, -0.2) is 37.9 Å². The van der Waals surface area contributed by atoms with E-state index in [0.717, 1.165) is 0 Å². The van der Waals surface area contributed by atoms with Crippen LogP contribution >= 0.6 is 0 Å². The van der Waals surface area contributed by atoms with Gasteiger partial charge < -0.3 is 19.9 Å². The van der Waals surface area contributed by atoms with Crippen molar-refractivity contribution in [3.8, 4) is 11.5 Å². The fourth-order valence-corrected chi connectivity index (χ4v) is 1.32. The average molecular weight is 239 g/mol. The summed E-state index contributed by atoms with van der Waals surface area (Å²) in [5.74, 6) is 0.809. The summed E-state index contributed by atoms with van der Waals surface area (Å²) >= 11 is 0. The zero-order valence-electron chi connectivity index (χ0n) is 10.2. The van der Waals surface area contributed by atoms with Crippen molar-refractivity contribution in [1.82, 2.24) is 5.32 Å². The summed E-state index contributed by atoms with van der Waals surface area (Å²) in [5.41, 5.74) is 0.461. The van der Waals surface area contributed by atoms with E-state index in [1.165, 1.54) is 14.2 Å². The molecule has 0 saturated carbocycles. The molecule has 0 aromatic heterocycles. The molecule has 5 heteroatoms. The van der Waals surface area contributed by atoms with Crippen LogP contribution in [0.4, 0.5) is 0 Å². The minimum atomic E-state index is -0.570. The molecule has 94 valence electrons. The second-order valence-corrected chi connectivity index (χ2v) is 3.63. The smallest absolute Gasteiger partial charge is 0.251 e. The van der Waals surface area contributed by atoms with Crippen LogP contribution < -0.4 is 14.8 Å². The molecule has 1 atom stereocenters. The number of nitrogens with one attached hydrogen (secondary N) is 1. The SMILES string of the molecule is COc1ccc(C(=O)NCC(C)O)cc1OC. The van der Waals surface area contributed by atoms with E-state index in [9.17, 15) is 4.79 Å². The van der Waals surface area contributed by atoms with Gasteiger partial charge in [0.2, 0.25) is 0 Å². The summed E-state index contributed by atoms with van der Waals surface area (Å²) in [6.07, 6.45) is -0.570. The van der Waals surface area contributed by atoms with Crippen LogP contribution in [0.5, 0.6) is 11.5 Å². The Hall–Kier alpha value is -1.75. The number of hydrogen-bond donors (Lipinski definition) is 2. The third-order valence-electron chi connectivity index (χ3n) is 2.20. The molecule has 1 aromatic rings. The van der Waals surface area contributed by atoms with Gasteiger partial charge in [0, 0.05) is 12.1 Å². The summed E-state index contributed by atoms with van der Waals surface area (Å²) in [6.45, 7) is 1.82. The number of hydrogen-bond acceptors (Lipinski definition) is 4. The Bertz CT molecular complexity index is 390. The molecule has 0 radical (unpaired) electrons. The Labute approximate surface area is 100 Å². The molecule has 0 aliphatic heterocycles. The summed E-state index contributed by atoms with van der Waals surface area (Å²) < 4.78 is 10.2. The first-order chi connectivity index (χ1) is 8.08. The lowest BCUT2D eigenvalue weighted by Crippen LogP contribution is -2.30. The first-order valence-electron chi connectivity index (χ1n) is 5.26. The number of methoxy groups -OCH3 is 2. The van der Waals surface area contributed by atoms with Gasteiger partial charge in [-0.2, -0.15) is 0 Å². The largest absolute Gasteiger partial charge is 0.493 e. The van der Waals surface area contributed by atoms with Gasteiger partial charge in [0.1, 0.15) is 0 Å². The Morgan fingerprint density at radius 1 is 1.35 bits per heavy atom. The molecule has 0 saturated heterocycles. The first kappa shape index (κ1) is 13.3. The monoisotopic (exact) mass is 239 g/mol. The van der Waals surface area contributed by atoms with E-state index in [1.807, 2.05) is 0 Å². The van der Waals surface area contributed by atoms with Crippen LogP contribution in [-0.2, 0) is 0 Å². The van der Waals surface area contributed by atoms with E-state index in [4.69, 9.17) is 14.6 Å². The lowest BCUT2D eigenvalue weighted by Gasteiger charge is -2.10. The van der Waals surface area contributed by atoms with Crippen LogP contribution in [0.1, 0.15) is 17.3 Å². The number of aliphatic hydroxyl groups excluding tert-OH is 1. The van der Waals surface area contributed by atoms with E-state index in [0.29, 0.717) is 17.1 Å². The fraction of sp³-hybridized carbons (Fsp3) is 0.417. The number of carbonyl (C=O) groups is 1. The lowest BCUT2D eigenvalue weighted by molar-refractivity contribution is 0.0923. The minimum Gasteiger partial charge on any atom is -0.493 e. The number of ether oxygens (including phenoxy) is 2. The van der Waals surface area contributed by atoms with E-state index >= 15 is 0 Å². The molecular weight excluding hydrogens is 222 g/mol. The van der Waals surface area contributed by atoms with Gasteiger partial charge in [-0.25, -0.2) is 0 Å². The summed E-state index contributed by atoms with van der Waals surface area (Å²) in [6, 6.07) is 4.89. The molecule has 0 aliphatic rings. The average Bonchev–Trinajstić information content (AvgIpc) is 2.34. The predicted molar refractivity (Wildman–Crippen MR) is 63.6 cm³/mol. The van der Waals surface area contributed by atoms with Crippen molar-refractivity contribution in [3.05, 3.63) is 23.8 Å². The summed E-state index contributed by atoms with van der Waals surface area (Å²) in [7, 11) is 3.04. The van der Waals surface area contributed by atoms with Gasteiger partial charge in [0.05, 0.1) is 20.3 Å². The zero-order chi connectivity index (χ0) is 12.8. The van der Waals surface area contributed by atoms with E-state index < -0.39 is 6.10 Å². The Kier molecular flexibility index (Phi) is 4.78. The molecular formula is C12H17NO4. The maximum atomic E-state index is 11.7. The van der Waals surface area contributed by atoms with Crippen molar-refractivity contribution in [2.45, 2.75) is 13.0 Å². The van der Waals surface area contributed by atoms with Crippen molar-refractivity contribution in [2.75, 3.05) is 20.8 Å². The van der Waals surface area contributed by atoms with Crippen LogP contribution in [0.3, 0.4) is 0 Å². The number of carbonyl (C=O) groups excluding carboxylic acids is 1. The highest BCUT2D eigenvalue weighted by Crippen LogP contribution is 2.27. The maximum Gasteiger partial charge on any atom is 0.251 e. The molecule has 1 rings (SSSR count). The molecule has 17 heavy (non-hydrogen) atoms. The molecule has 0 aliphatic carbocycles. The minimum absolute atomic E-state index is 0.215. The van der Waals surface area contributed by atoms with Gasteiger partial charge >= 0.3 is 0 Å². The molecule has 5 nitrogen and oxygen atoms in total. The highest BCUT2D eigenvalue weighted by atomic mass is 16.5. The number of amides is 1. The molecule has 0 spiro atoms. The number of aliphatic hydroxyl groups is 1. The fourth-order valence-electron chi connectivity index (χ4n) is 1.32. The Morgan fingerprint density at radius 3 is 2.53 bits per heavy atom. The van der Waals surface area contributed by atoms with Crippen molar-refractivity contribution >= 4 is 5.91 Å². The molecule has 2 N–H and O–H groups in total. The molecule has 0 fully saturated rings. The van der Waals surface area contributed by atoms with E-state index in [1.54, 1.807) is 25.1 Å². The number of benzene rings is 1. The van der Waals surface area contributed by atoms with Crippen LogP contribution in [0.2, 0.25) is 0 Å². The highest BCUT2D eigenvalue weighted by Gasteiger charge is 2.10. The normalized spacial score (nSPS) is 11.8. The van der Waals surface area contributed by atoms with Crippen LogP contribution in [0, 0.1) is 0 Å².